The molecule has 0 fully saturated rings. The van der Waals surface area contributed by atoms with Gasteiger partial charge in [-0.25, -0.2) is 13.2 Å². The molecule has 2 rings (SSSR count). The van der Waals surface area contributed by atoms with Crippen molar-refractivity contribution >= 4 is 36.6 Å². The third-order valence-corrected chi connectivity index (χ3v) is 4.20. The number of carbonyl (C=O) groups is 1. The summed E-state index contributed by atoms with van der Waals surface area (Å²) in [6, 6.07) is 3.89. The van der Waals surface area contributed by atoms with Crippen LogP contribution < -0.4 is 5.43 Å². The lowest BCUT2D eigenvalue weighted by molar-refractivity contribution is 0.0598. The summed E-state index contributed by atoms with van der Waals surface area (Å²) in [5.41, 5.74) is -0.301. The predicted octanol–water partition coefficient (Wildman–Crippen LogP) is 1.25. The number of hydrogen-bond donors (Lipinski definition) is 0. The minimum atomic E-state index is -3.95. The Balaban J connectivity index is 2.90. The Morgan fingerprint density at radius 2 is 2.00 bits per heavy atom. The minimum Gasteiger partial charge on any atom is -0.465 e. The number of aryl methyl sites for hydroxylation is 1. The zero-order valence-corrected chi connectivity index (χ0v) is 12.2. The number of fused-ring (bicyclic) bond motifs is 1. The van der Waals surface area contributed by atoms with Gasteiger partial charge in [-0.15, -0.1) is 0 Å². The highest BCUT2D eigenvalue weighted by atomic mass is 35.7. The third-order valence-electron chi connectivity index (χ3n) is 2.85. The summed E-state index contributed by atoms with van der Waals surface area (Å²) in [7, 11) is 4.08. The number of hydrogen-bond acceptors (Lipinski definition) is 5. The van der Waals surface area contributed by atoms with Crippen molar-refractivity contribution in [1.29, 1.82) is 0 Å². The van der Waals surface area contributed by atoms with Crippen LogP contribution in [0.1, 0.15) is 10.4 Å². The van der Waals surface area contributed by atoms with E-state index in [0.29, 0.717) is 5.52 Å². The van der Waals surface area contributed by atoms with Gasteiger partial charge in [0.05, 0.1) is 17.5 Å². The molecule has 0 aliphatic carbocycles. The first-order valence-corrected chi connectivity index (χ1v) is 7.73. The van der Waals surface area contributed by atoms with Crippen molar-refractivity contribution in [2.45, 2.75) is 4.90 Å². The topological polar surface area (TPSA) is 82.4 Å². The lowest BCUT2D eigenvalue weighted by Crippen LogP contribution is -2.19. The normalized spacial score (nSPS) is 11.6. The summed E-state index contributed by atoms with van der Waals surface area (Å²) in [6.45, 7) is 0. The number of halogens is 1. The van der Waals surface area contributed by atoms with E-state index in [1.165, 1.54) is 22.9 Å². The zero-order chi connectivity index (χ0) is 15.1. The van der Waals surface area contributed by atoms with E-state index in [0.717, 1.165) is 13.2 Å². The number of carbonyl (C=O) groups excluding carboxylic acids is 1. The van der Waals surface area contributed by atoms with Crippen molar-refractivity contribution in [3.63, 3.8) is 0 Å². The SMILES string of the molecule is COC(=O)c1cn(C)c2ccc(S(=O)(=O)Cl)cc2c1=O. The maximum absolute atomic E-state index is 12.2. The Hall–Kier alpha value is -1.86. The predicted molar refractivity (Wildman–Crippen MR) is 73.6 cm³/mol. The first kappa shape index (κ1) is 14.5. The van der Waals surface area contributed by atoms with Gasteiger partial charge in [-0.3, -0.25) is 4.79 Å². The Morgan fingerprint density at radius 3 is 2.55 bits per heavy atom. The molecule has 1 heterocycles. The molecule has 8 heteroatoms. The second kappa shape index (κ2) is 4.92. The van der Waals surface area contributed by atoms with Crippen LogP contribution in [0.5, 0.6) is 0 Å². The van der Waals surface area contributed by atoms with Crippen LogP contribution in [0.25, 0.3) is 10.9 Å². The third kappa shape index (κ3) is 2.41. The van der Waals surface area contributed by atoms with Crippen LogP contribution in [0.4, 0.5) is 0 Å². The number of methoxy groups -OCH3 is 1. The summed E-state index contributed by atoms with van der Waals surface area (Å²) >= 11 is 0. The first-order valence-electron chi connectivity index (χ1n) is 5.42. The average molecular weight is 316 g/mol. The Bertz CT molecular complexity index is 869. The molecule has 0 N–H and O–H groups in total. The summed E-state index contributed by atoms with van der Waals surface area (Å²) in [4.78, 5) is 23.5. The number of esters is 1. The van der Waals surface area contributed by atoms with Gasteiger partial charge in [-0.1, -0.05) is 0 Å². The molecule has 1 aromatic heterocycles. The number of rotatable bonds is 2. The molecule has 0 aliphatic heterocycles. The molecule has 0 spiro atoms. The number of pyridine rings is 1. The highest BCUT2D eigenvalue weighted by Gasteiger charge is 2.17. The van der Waals surface area contributed by atoms with Gasteiger partial charge in [0, 0.05) is 29.3 Å². The van der Waals surface area contributed by atoms with E-state index in [1.807, 2.05) is 0 Å². The van der Waals surface area contributed by atoms with Crippen molar-refractivity contribution < 1.29 is 17.9 Å². The number of benzene rings is 1. The van der Waals surface area contributed by atoms with Gasteiger partial charge in [0.15, 0.2) is 0 Å². The van der Waals surface area contributed by atoms with E-state index in [-0.39, 0.29) is 15.8 Å². The van der Waals surface area contributed by atoms with Gasteiger partial charge in [0.25, 0.3) is 9.05 Å². The van der Waals surface area contributed by atoms with E-state index in [1.54, 1.807) is 7.05 Å². The van der Waals surface area contributed by atoms with Gasteiger partial charge in [0.2, 0.25) is 5.43 Å². The summed E-state index contributed by atoms with van der Waals surface area (Å²) in [5, 5.41) is 0.0807. The lowest BCUT2D eigenvalue weighted by atomic mass is 10.1. The lowest BCUT2D eigenvalue weighted by Gasteiger charge is -2.08. The van der Waals surface area contributed by atoms with Crippen LogP contribution >= 0.6 is 10.7 Å². The largest absolute Gasteiger partial charge is 0.465 e. The smallest absolute Gasteiger partial charge is 0.343 e. The second-order valence-electron chi connectivity index (χ2n) is 4.09. The maximum atomic E-state index is 12.2. The zero-order valence-electron chi connectivity index (χ0n) is 10.6. The molecule has 0 saturated carbocycles. The van der Waals surface area contributed by atoms with Crippen LogP contribution in [-0.4, -0.2) is 26.1 Å². The van der Waals surface area contributed by atoms with Gasteiger partial charge in [-0.2, -0.15) is 0 Å². The van der Waals surface area contributed by atoms with Gasteiger partial charge in [-0.05, 0) is 18.2 Å². The summed E-state index contributed by atoms with van der Waals surface area (Å²) in [5.74, 6) is -0.786. The molecule has 6 nitrogen and oxygen atoms in total. The van der Waals surface area contributed by atoms with Crippen LogP contribution in [0.3, 0.4) is 0 Å². The van der Waals surface area contributed by atoms with E-state index in [4.69, 9.17) is 10.7 Å². The second-order valence-corrected chi connectivity index (χ2v) is 6.66. The Morgan fingerprint density at radius 1 is 1.35 bits per heavy atom. The van der Waals surface area contributed by atoms with Crippen LogP contribution in [0.15, 0.2) is 34.1 Å². The van der Waals surface area contributed by atoms with Crippen molar-refractivity contribution in [2.24, 2.45) is 7.05 Å². The van der Waals surface area contributed by atoms with Crippen LogP contribution in [-0.2, 0) is 20.8 Å². The van der Waals surface area contributed by atoms with Crippen LogP contribution in [0, 0.1) is 0 Å². The van der Waals surface area contributed by atoms with Crippen LogP contribution in [0.2, 0.25) is 0 Å². The quantitative estimate of drug-likeness (QED) is 0.615. The van der Waals surface area contributed by atoms with E-state index in [9.17, 15) is 18.0 Å². The summed E-state index contributed by atoms with van der Waals surface area (Å²) in [6.07, 6.45) is 1.34. The number of nitrogens with zero attached hydrogens (tertiary/aromatic N) is 1. The molecule has 0 aliphatic rings. The molecular weight excluding hydrogens is 306 g/mol. The van der Waals surface area contributed by atoms with Gasteiger partial charge in [0.1, 0.15) is 5.56 Å². The van der Waals surface area contributed by atoms with Crippen molar-refractivity contribution in [2.75, 3.05) is 7.11 Å². The van der Waals surface area contributed by atoms with Crippen molar-refractivity contribution in [1.82, 2.24) is 4.57 Å². The molecule has 0 atom stereocenters. The Kier molecular flexibility index (Phi) is 3.58. The molecule has 0 saturated heterocycles. The number of ether oxygens (including phenoxy) is 1. The average Bonchev–Trinajstić information content (AvgIpc) is 2.40. The molecular formula is C12H10ClNO5S. The molecule has 2 aromatic rings. The summed E-state index contributed by atoms with van der Waals surface area (Å²) < 4.78 is 28.7. The van der Waals surface area contributed by atoms with Crippen molar-refractivity contribution in [3.8, 4) is 0 Å². The first-order chi connectivity index (χ1) is 9.25. The molecule has 0 unspecified atom stereocenters. The fourth-order valence-electron chi connectivity index (χ4n) is 1.88. The van der Waals surface area contributed by atoms with E-state index in [2.05, 4.69) is 4.74 Å². The highest BCUT2D eigenvalue weighted by molar-refractivity contribution is 8.13. The molecule has 106 valence electrons. The maximum Gasteiger partial charge on any atom is 0.343 e. The fraction of sp³-hybridized carbons (Fsp3) is 0.167. The number of aromatic nitrogens is 1. The fourth-order valence-corrected chi connectivity index (χ4v) is 2.66. The van der Waals surface area contributed by atoms with Gasteiger partial charge < -0.3 is 9.30 Å². The Labute approximate surface area is 119 Å². The van der Waals surface area contributed by atoms with E-state index >= 15 is 0 Å². The monoisotopic (exact) mass is 315 g/mol. The minimum absolute atomic E-state index is 0.0807. The van der Waals surface area contributed by atoms with Crippen molar-refractivity contribution in [3.05, 3.63) is 40.2 Å². The molecule has 0 radical (unpaired) electrons. The highest BCUT2D eigenvalue weighted by Crippen LogP contribution is 2.20. The van der Waals surface area contributed by atoms with E-state index < -0.39 is 20.4 Å². The van der Waals surface area contributed by atoms with Gasteiger partial charge >= 0.3 is 5.97 Å². The molecule has 1 aromatic carbocycles. The molecule has 0 bridgehead atoms. The molecule has 20 heavy (non-hydrogen) atoms. The standard InChI is InChI=1S/C12H10ClNO5S/c1-14-6-9(12(16)19-2)11(15)8-5-7(20(13,17)18)3-4-10(8)14/h3-6H,1-2H3. The molecule has 0 amide bonds.